The van der Waals surface area contributed by atoms with Gasteiger partial charge in [0, 0.05) is 6.04 Å². The summed E-state index contributed by atoms with van der Waals surface area (Å²) in [5.41, 5.74) is 5.56. The molecule has 1 fully saturated rings. The van der Waals surface area contributed by atoms with Gasteiger partial charge < -0.3 is 10.5 Å². The lowest BCUT2D eigenvalue weighted by molar-refractivity contribution is -0.156. The van der Waals surface area contributed by atoms with Gasteiger partial charge in [-0.25, -0.2) is 0 Å². The van der Waals surface area contributed by atoms with E-state index in [0.717, 1.165) is 19.3 Å². The lowest BCUT2D eigenvalue weighted by Crippen LogP contribution is -2.34. The van der Waals surface area contributed by atoms with E-state index in [-0.39, 0.29) is 17.4 Å². The fourth-order valence-electron chi connectivity index (χ4n) is 2.58. The molecule has 0 aliphatic heterocycles. The number of hydrogen-bond acceptors (Lipinski definition) is 3. The first kappa shape index (κ1) is 11.5. The largest absolute Gasteiger partial charge is 0.466 e. The molecule has 0 amide bonds. The number of carbonyl (C=O) groups is 1. The van der Waals surface area contributed by atoms with Gasteiger partial charge in [-0.2, -0.15) is 0 Å². The van der Waals surface area contributed by atoms with Gasteiger partial charge in [-0.15, -0.1) is 0 Å². The van der Waals surface area contributed by atoms with Crippen molar-refractivity contribution >= 4 is 5.97 Å². The van der Waals surface area contributed by atoms with Crippen LogP contribution >= 0.6 is 0 Å². The molecule has 2 N–H and O–H groups in total. The summed E-state index contributed by atoms with van der Waals surface area (Å²) in [5.74, 6) is 0.316. The van der Waals surface area contributed by atoms with Crippen LogP contribution in [-0.2, 0) is 9.53 Å². The summed E-state index contributed by atoms with van der Waals surface area (Å²) in [6.07, 6.45) is 2.72. The molecule has 0 spiro atoms. The molecular weight excluding hydrogens is 178 g/mol. The number of ether oxygens (including phenoxy) is 1. The summed E-state index contributed by atoms with van der Waals surface area (Å²) >= 11 is 0. The second-order valence-corrected chi connectivity index (χ2v) is 4.44. The van der Waals surface area contributed by atoms with Gasteiger partial charge in [-0.1, -0.05) is 13.3 Å². The maximum Gasteiger partial charge on any atom is 0.312 e. The summed E-state index contributed by atoms with van der Waals surface area (Å²) in [7, 11) is 0. The standard InChI is InChI=1S/C11H21NO2/c1-4-8-6-9(12)7-11(8,3)10(13)14-5-2/h8-9H,4-7,12H2,1-3H3/t8-,9+,11?/m0/s1. The molecule has 0 radical (unpaired) electrons. The quantitative estimate of drug-likeness (QED) is 0.704. The number of rotatable bonds is 3. The van der Waals surface area contributed by atoms with Gasteiger partial charge in [0.05, 0.1) is 12.0 Å². The minimum absolute atomic E-state index is 0.0696. The van der Waals surface area contributed by atoms with E-state index in [1.165, 1.54) is 0 Å². The molecule has 82 valence electrons. The van der Waals surface area contributed by atoms with Gasteiger partial charge in [0.15, 0.2) is 0 Å². The lowest BCUT2D eigenvalue weighted by atomic mass is 9.78. The Morgan fingerprint density at radius 1 is 1.57 bits per heavy atom. The van der Waals surface area contributed by atoms with E-state index in [9.17, 15) is 4.79 Å². The predicted octanol–water partition coefficient (Wildman–Crippen LogP) is 1.70. The van der Waals surface area contributed by atoms with Gasteiger partial charge in [-0.3, -0.25) is 4.79 Å². The molecule has 1 unspecified atom stereocenters. The van der Waals surface area contributed by atoms with E-state index in [1.54, 1.807) is 0 Å². The van der Waals surface area contributed by atoms with Crippen molar-refractivity contribution in [1.29, 1.82) is 0 Å². The van der Waals surface area contributed by atoms with Crippen LogP contribution in [0.15, 0.2) is 0 Å². The van der Waals surface area contributed by atoms with E-state index in [4.69, 9.17) is 10.5 Å². The fourth-order valence-corrected chi connectivity index (χ4v) is 2.58. The molecule has 3 atom stereocenters. The van der Waals surface area contributed by atoms with Crippen molar-refractivity contribution in [1.82, 2.24) is 0 Å². The number of esters is 1. The highest BCUT2D eigenvalue weighted by Gasteiger charge is 2.48. The molecule has 0 aromatic heterocycles. The molecule has 0 aromatic carbocycles. The SMILES string of the molecule is CCOC(=O)C1(C)C[C@H](N)C[C@@H]1CC. The maximum atomic E-state index is 11.8. The van der Waals surface area contributed by atoms with Crippen molar-refractivity contribution in [2.75, 3.05) is 6.61 Å². The molecule has 0 heterocycles. The van der Waals surface area contributed by atoms with Crippen LogP contribution in [0.1, 0.15) is 40.0 Å². The Labute approximate surface area is 86.0 Å². The van der Waals surface area contributed by atoms with E-state index in [2.05, 4.69) is 6.92 Å². The zero-order valence-corrected chi connectivity index (χ0v) is 9.38. The Bertz CT molecular complexity index is 217. The van der Waals surface area contributed by atoms with Crippen molar-refractivity contribution in [3.63, 3.8) is 0 Å². The average Bonchev–Trinajstić information content (AvgIpc) is 2.43. The van der Waals surface area contributed by atoms with Crippen molar-refractivity contribution in [2.45, 2.75) is 46.1 Å². The molecule has 3 nitrogen and oxygen atoms in total. The Morgan fingerprint density at radius 3 is 2.71 bits per heavy atom. The lowest BCUT2D eigenvalue weighted by Gasteiger charge is -2.28. The summed E-state index contributed by atoms with van der Waals surface area (Å²) < 4.78 is 5.11. The number of nitrogens with two attached hydrogens (primary N) is 1. The summed E-state index contributed by atoms with van der Waals surface area (Å²) in [5, 5.41) is 0. The Balaban J connectivity index is 2.75. The third kappa shape index (κ3) is 1.92. The van der Waals surface area contributed by atoms with Gasteiger partial charge in [0.1, 0.15) is 0 Å². The fraction of sp³-hybridized carbons (Fsp3) is 0.909. The molecular formula is C11H21NO2. The maximum absolute atomic E-state index is 11.8. The average molecular weight is 199 g/mol. The minimum atomic E-state index is -0.343. The number of carbonyl (C=O) groups excluding carboxylic acids is 1. The van der Waals surface area contributed by atoms with Crippen LogP contribution in [0.25, 0.3) is 0 Å². The molecule has 3 heteroatoms. The molecule has 0 bridgehead atoms. The van der Waals surface area contributed by atoms with Crippen LogP contribution in [0.5, 0.6) is 0 Å². The van der Waals surface area contributed by atoms with E-state index >= 15 is 0 Å². The summed E-state index contributed by atoms with van der Waals surface area (Å²) in [4.78, 5) is 11.8. The molecule has 1 aliphatic carbocycles. The van der Waals surface area contributed by atoms with Gasteiger partial charge in [-0.05, 0) is 32.6 Å². The smallest absolute Gasteiger partial charge is 0.312 e. The van der Waals surface area contributed by atoms with Crippen LogP contribution in [0.2, 0.25) is 0 Å². The van der Waals surface area contributed by atoms with Crippen LogP contribution in [0.4, 0.5) is 0 Å². The van der Waals surface area contributed by atoms with Crippen LogP contribution in [-0.4, -0.2) is 18.6 Å². The van der Waals surface area contributed by atoms with Crippen LogP contribution < -0.4 is 5.73 Å². The topological polar surface area (TPSA) is 52.3 Å². The van der Waals surface area contributed by atoms with E-state index in [1.807, 2.05) is 13.8 Å². The minimum Gasteiger partial charge on any atom is -0.466 e. The molecule has 1 saturated carbocycles. The van der Waals surface area contributed by atoms with E-state index in [0.29, 0.717) is 12.5 Å². The van der Waals surface area contributed by atoms with Gasteiger partial charge >= 0.3 is 5.97 Å². The zero-order valence-electron chi connectivity index (χ0n) is 9.38. The second kappa shape index (κ2) is 4.30. The molecule has 0 aromatic rings. The normalized spacial score (nSPS) is 37.1. The number of hydrogen-bond donors (Lipinski definition) is 1. The highest BCUT2D eigenvalue weighted by molar-refractivity contribution is 5.77. The van der Waals surface area contributed by atoms with Crippen molar-refractivity contribution < 1.29 is 9.53 Å². The molecule has 1 aliphatic rings. The molecule has 1 rings (SSSR count). The first-order valence-corrected chi connectivity index (χ1v) is 5.47. The third-order valence-corrected chi connectivity index (χ3v) is 3.41. The third-order valence-electron chi connectivity index (χ3n) is 3.41. The Morgan fingerprint density at radius 2 is 2.21 bits per heavy atom. The Hall–Kier alpha value is -0.570. The Kier molecular flexibility index (Phi) is 3.53. The van der Waals surface area contributed by atoms with Crippen LogP contribution in [0.3, 0.4) is 0 Å². The van der Waals surface area contributed by atoms with Crippen molar-refractivity contribution in [3.05, 3.63) is 0 Å². The molecule has 14 heavy (non-hydrogen) atoms. The highest BCUT2D eigenvalue weighted by Crippen LogP contribution is 2.45. The summed E-state index contributed by atoms with van der Waals surface area (Å²) in [6.45, 7) is 6.41. The summed E-state index contributed by atoms with van der Waals surface area (Å²) in [6, 6.07) is 0.161. The van der Waals surface area contributed by atoms with Crippen molar-refractivity contribution in [2.24, 2.45) is 17.1 Å². The zero-order chi connectivity index (χ0) is 10.8. The van der Waals surface area contributed by atoms with Crippen LogP contribution in [0, 0.1) is 11.3 Å². The van der Waals surface area contributed by atoms with Crippen molar-refractivity contribution in [3.8, 4) is 0 Å². The molecule has 0 saturated heterocycles. The monoisotopic (exact) mass is 199 g/mol. The predicted molar refractivity (Wildman–Crippen MR) is 55.7 cm³/mol. The van der Waals surface area contributed by atoms with Gasteiger partial charge in [0.25, 0.3) is 0 Å². The van der Waals surface area contributed by atoms with Gasteiger partial charge in [0.2, 0.25) is 0 Å². The van der Waals surface area contributed by atoms with E-state index < -0.39 is 0 Å². The second-order valence-electron chi connectivity index (χ2n) is 4.44. The first-order chi connectivity index (χ1) is 6.54. The first-order valence-electron chi connectivity index (χ1n) is 5.47. The highest BCUT2D eigenvalue weighted by atomic mass is 16.5.